The number of nitrogens with two attached hydrogens (primary N) is 1. The number of halogens is 1. The molecule has 6 nitrogen and oxygen atoms in total. The van der Waals surface area contributed by atoms with Crippen molar-refractivity contribution < 1.29 is 4.79 Å². The van der Waals surface area contributed by atoms with Gasteiger partial charge in [0.2, 0.25) is 0 Å². The minimum Gasteiger partial charge on any atom is -0.375 e. The molecule has 0 aliphatic heterocycles. The molecule has 8 heteroatoms. The first-order valence-electron chi connectivity index (χ1n) is 4.15. The third kappa shape index (κ3) is 2.52. The van der Waals surface area contributed by atoms with Gasteiger partial charge in [0.05, 0.1) is 12.4 Å². The molecule has 0 aliphatic rings. The highest BCUT2D eigenvalue weighted by atomic mass is 79.9. The number of rotatable bonds is 2. The fraction of sp³-hybridized carbons (Fsp3) is 0. The Bertz CT molecular complexity index is 511. The molecule has 0 aliphatic carbocycles. The lowest BCUT2D eigenvalue weighted by Crippen LogP contribution is -2.13. The van der Waals surface area contributed by atoms with Gasteiger partial charge in [-0.2, -0.15) is 0 Å². The van der Waals surface area contributed by atoms with Crippen LogP contribution in [0.3, 0.4) is 0 Å². The van der Waals surface area contributed by atoms with Crippen molar-refractivity contribution in [3.05, 3.63) is 28.1 Å². The van der Waals surface area contributed by atoms with Crippen LogP contribution < -0.4 is 11.1 Å². The van der Waals surface area contributed by atoms with Crippen molar-refractivity contribution in [1.82, 2.24) is 15.0 Å². The molecule has 0 saturated heterocycles. The van der Waals surface area contributed by atoms with Crippen LogP contribution in [0, 0.1) is 0 Å². The Morgan fingerprint density at radius 3 is 2.81 bits per heavy atom. The molecule has 2 aromatic rings. The van der Waals surface area contributed by atoms with Gasteiger partial charge in [-0.15, -0.1) is 11.3 Å². The first-order valence-corrected chi connectivity index (χ1v) is 5.82. The lowest BCUT2D eigenvalue weighted by atomic mass is 10.4. The summed E-state index contributed by atoms with van der Waals surface area (Å²) in [6, 6.07) is 0. The van der Waals surface area contributed by atoms with E-state index < -0.39 is 0 Å². The van der Waals surface area contributed by atoms with Crippen LogP contribution in [0.4, 0.5) is 10.9 Å². The topological polar surface area (TPSA) is 93.8 Å². The molecule has 2 heterocycles. The van der Waals surface area contributed by atoms with Gasteiger partial charge in [-0.05, 0) is 15.9 Å². The van der Waals surface area contributed by atoms with E-state index in [0.717, 1.165) is 0 Å². The van der Waals surface area contributed by atoms with Crippen LogP contribution in [0.1, 0.15) is 10.5 Å². The van der Waals surface area contributed by atoms with Crippen LogP contribution in [-0.2, 0) is 0 Å². The summed E-state index contributed by atoms with van der Waals surface area (Å²) in [5, 5.41) is 4.49. The van der Waals surface area contributed by atoms with Crippen molar-refractivity contribution in [3.8, 4) is 0 Å². The molecule has 1 amide bonds. The number of nitrogen functional groups attached to an aromatic ring is 1. The highest BCUT2D eigenvalue weighted by molar-refractivity contribution is 9.10. The number of aromatic nitrogens is 3. The molecule has 0 fully saturated rings. The number of nitrogens with zero attached hydrogens (tertiary/aromatic N) is 3. The quantitative estimate of drug-likeness (QED) is 0.877. The molecule has 0 atom stereocenters. The summed E-state index contributed by atoms with van der Waals surface area (Å²) in [5.41, 5.74) is 5.69. The summed E-state index contributed by atoms with van der Waals surface area (Å²) in [7, 11) is 0. The number of thiazole rings is 1. The molecule has 0 saturated carbocycles. The summed E-state index contributed by atoms with van der Waals surface area (Å²) in [6.45, 7) is 0. The maximum atomic E-state index is 11.6. The Balaban J connectivity index is 2.10. The molecule has 0 aromatic carbocycles. The molecule has 0 spiro atoms. The van der Waals surface area contributed by atoms with E-state index in [0.29, 0.717) is 15.6 Å². The fourth-order valence-electron chi connectivity index (χ4n) is 0.949. The van der Waals surface area contributed by atoms with E-state index in [1.54, 1.807) is 5.38 Å². The standard InChI is InChI=1S/C8H6BrN5OS/c9-5-1-12-6(2-11-5)14-7(15)4-3-16-8(10)13-4/h1-3H,(H2,10,13)(H,12,14,15). The fourth-order valence-corrected chi connectivity index (χ4v) is 1.70. The van der Waals surface area contributed by atoms with Crippen LogP contribution in [0.25, 0.3) is 0 Å². The van der Waals surface area contributed by atoms with Crippen molar-refractivity contribution in [3.63, 3.8) is 0 Å². The summed E-state index contributed by atoms with van der Waals surface area (Å²) in [4.78, 5) is 23.3. The smallest absolute Gasteiger partial charge is 0.276 e. The number of amides is 1. The molecule has 0 bridgehead atoms. The van der Waals surface area contributed by atoms with Gasteiger partial charge in [0.25, 0.3) is 5.91 Å². The zero-order valence-electron chi connectivity index (χ0n) is 7.85. The van der Waals surface area contributed by atoms with Crippen LogP contribution in [0.15, 0.2) is 22.4 Å². The van der Waals surface area contributed by atoms with Gasteiger partial charge in [0.15, 0.2) is 10.9 Å². The van der Waals surface area contributed by atoms with Gasteiger partial charge in [-0.1, -0.05) is 0 Å². The number of anilines is 2. The third-order valence-electron chi connectivity index (χ3n) is 1.62. The molecule has 0 radical (unpaired) electrons. The molecule has 2 aromatic heterocycles. The minimum absolute atomic E-state index is 0.271. The van der Waals surface area contributed by atoms with E-state index in [1.807, 2.05) is 0 Å². The third-order valence-corrected chi connectivity index (χ3v) is 2.70. The Kier molecular flexibility index (Phi) is 3.11. The zero-order valence-corrected chi connectivity index (χ0v) is 10.2. The van der Waals surface area contributed by atoms with E-state index in [1.165, 1.54) is 23.7 Å². The Morgan fingerprint density at radius 1 is 1.44 bits per heavy atom. The lowest BCUT2D eigenvalue weighted by Gasteiger charge is -2.00. The Hall–Kier alpha value is -1.54. The predicted molar refractivity (Wildman–Crippen MR) is 64.2 cm³/mol. The Morgan fingerprint density at radius 2 is 2.25 bits per heavy atom. The van der Waals surface area contributed by atoms with Crippen molar-refractivity contribution in [2.24, 2.45) is 0 Å². The second kappa shape index (κ2) is 4.54. The maximum Gasteiger partial charge on any atom is 0.276 e. The maximum absolute atomic E-state index is 11.6. The van der Waals surface area contributed by atoms with Gasteiger partial charge in [-0.25, -0.2) is 15.0 Å². The minimum atomic E-state index is -0.357. The summed E-state index contributed by atoms with van der Waals surface area (Å²) >= 11 is 4.35. The van der Waals surface area contributed by atoms with Crippen molar-refractivity contribution in [2.75, 3.05) is 11.1 Å². The molecule has 16 heavy (non-hydrogen) atoms. The lowest BCUT2D eigenvalue weighted by molar-refractivity contribution is 0.102. The van der Waals surface area contributed by atoms with Crippen LogP contribution in [0.5, 0.6) is 0 Å². The largest absolute Gasteiger partial charge is 0.375 e. The van der Waals surface area contributed by atoms with Gasteiger partial charge in [0.1, 0.15) is 10.3 Å². The average molecular weight is 300 g/mol. The number of nitrogens with one attached hydrogen (secondary N) is 1. The van der Waals surface area contributed by atoms with Crippen LogP contribution >= 0.6 is 27.3 Å². The van der Waals surface area contributed by atoms with Crippen LogP contribution in [-0.4, -0.2) is 20.9 Å². The first kappa shape index (κ1) is 11.0. The monoisotopic (exact) mass is 299 g/mol. The van der Waals surface area contributed by atoms with E-state index in [-0.39, 0.29) is 11.6 Å². The second-order valence-corrected chi connectivity index (χ2v) is 4.45. The summed E-state index contributed by atoms with van der Waals surface area (Å²) < 4.78 is 0.600. The van der Waals surface area contributed by atoms with E-state index in [4.69, 9.17) is 5.73 Å². The van der Waals surface area contributed by atoms with Crippen molar-refractivity contribution >= 4 is 44.1 Å². The number of hydrogen-bond donors (Lipinski definition) is 2. The molecule has 0 unspecified atom stereocenters. The van der Waals surface area contributed by atoms with E-state index in [9.17, 15) is 4.79 Å². The SMILES string of the molecule is Nc1nc(C(=O)Nc2cnc(Br)cn2)cs1. The van der Waals surface area contributed by atoms with E-state index in [2.05, 4.69) is 36.2 Å². The zero-order chi connectivity index (χ0) is 11.5. The predicted octanol–water partition coefficient (Wildman–Crippen LogP) is 1.53. The normalized spacial score (nSPS) is 10.1. The molecule has 3 N–H and O–H groups in total. The van der Waals surface area contributed by atoms with Crippen LogP contribution in [0.2, 0.25) is 0 Å². The molecule has 2 rings (SSSR count). The van der Waals surface area contributed by atoms with Gasteiger partial charge < -0.3 is 11.1 Å². The number of carbonyl (C=O) groups is 1. The second-order valence-electron chi connectivity index (χ2n) is 2.75. The molecular weight excluding hydrogens is 294 g/mol. The Labute approximate surface area is 103 Å². The molecule has 82 valence electrons. The van der Waals surface area contributed by atoms with E-state index >= 15 is 0 Å². The first-order chi connectivity index (χ1) is 7.65. The van der Waals surface area contributed by atoms with Crippen molar-refractivity contribution in [1.29, 1.82) is 0 Å². The summed E-state index contributed by atoms with van der Waals surface area (Å²) in [5.74, 6) is 0.00402. The highest BCUT2D eigenvalue weighted by Crippen LogP contribution is 2.13. The highest BCUT2D eigenvalue weighted by Gasteiger charge is 2.10. The van der Waals surface area contributed by atoms with Crippen molar-refractivity contribution in [2.45, 2.75) is 0 Å². The van der Waals surface area contributed by atoms with Gasteiger partial charge >= 0.3 is 0 Å². The number of hydrogen-bond acceptors (Lipinski definition) is 6. The average Bonchev–Trinajstić information content (AvgIpc) is 2.68. The van der Waals surface area contributed by atoms with Gasteiger partial charge in [0, 0.05) is 5.38 Å². The molecular formula is C8H6BrN5OS. The van der Waals surface area contributed by atoms with Gasteiger partial charge in [-0.3, -0.25) is 4.79 Å². The number of carbonyl (C=O) groups excluding carboxylic acids is 1. The summed E-state index contributed by atoms with van der Waals surface area (Å²) in [6.07, 6.45) is 2.93.